The van der Waals surface area contributed by atoms with E-state index in [1.54, 1.807) is 23.1 Å². The Morgan fingerprint density at radius 3 is 2.57 bits per heavy atom. The van der Waals surface area contributed by atoms with Gasteiger partial charge in [-0.2, -0.15) is 4.31 Å². The topological polar surface area (TPSA) is 85.4 Å². The number of likely N-dealkylation sites (tertiary alicyclic amines) is 1. The molecule has 1 aromatic carbocycles. The molecule has 1 amide bonds. The van der Waals surface area contributed by atoms with Gasteiger partial charge in [0.25, 0.3) is 5.91 Å². The summed E-state index contributed by atoms with van der Waals surface area (Å²) in [5.41, 5.74) is 0.465. The van der Waals surface area contributed by atoms with Crippen LogP contribution in [0.25, 0.3) is 0 Å². The van der Waals surface area contributed by atoms with E-state index in [1.807, 2.05) is 13.8 Å². The van der Waals surface area contributed by atoms with Crippen molar-refractivity contribution >= 4 is 15.9 Å². The number of nitrogens with zero attached hydrogens (tertiary/aromatic N) is 2. The zero-order chi connectivity index (χ0) is 20.5. The Morgan fingerprint density at radius 1 is 1.21 bits per heavy atom. The lowest BCUT2D eigenvalue weighted by Gasteiger charge is -2.29. The highest BCUT2D eigenvalue weighted by atomic mass is 32.2. The molecule has 28 heavy (non-hydrogen) atoms. The molecule has 156 valence electrons. The standard InChI is InChI=1S/C19H28N2O6S/c1-13(2)10-21-15-11-20(12-18(15)27-7-8-28(21,23)24)19(22)14-5-6-16(25-3)17(9-14)26-4/h5-6,9,13,15,18H,7-8,10-12H2,1-4H3/t15-,18+/m1/s1. The van der Waals surface area contributed by atoms with E-state index in [0.717, 1.165) is 0 Å². The van der Waals surface area contributed by atoms with Crippen LogP contribution in [0.5, 0.6) is 11.5 Å². The SMILES string of the molecule is COc1ccc(C(=O)N2C[C@@H]3OCCS(=O)(=O)N(CC(C)C)[C@@H]3C2)cc1OC. The van der Waals surface area contributed by atoms with E-state index in [0.29, 0.717) is 36.7 Å². The second-order valence-corrected chi connectivity index (χ2v) is 9.58. The zero-order valence-corrected chi connectivity index (χ0v) is 17.6. The lowest BCUT2D eigenvalue weighted by atomic mass is 10.1. The Kier molecular flexibility index (Phi) is 6.16. The molecule has 2 fully saturated rings. The molecule has 3 rings (SSSR count). The quantitative estimate of drug-likeness (QED) is 0.723. The number of sulfonamides is 1. The van der Waals surface area contributed by atoms with Crippen LogP contribution in [0.15, 0.2) is 18.2 Å². The zero-order valence-electron chi connectivity index (χ0n) is 16.8. The van der Waals surface area contributed by atoms with Gasteiger partial charge < -0.3 is 19.1 Å². The molecule has 8 nitrogen and oxygen atoms in total. The van der Waals surface area contributed by atoms with Crippen LogP contribution in [-0.2, 0) is 14.8 Å². The molecule has 0 N–H and O–H groups in total. The summed E-state index contributed by atoms with van der Waals surface area (Å²) < 4.78 is 43.2. The smallest absolute Gasteiger partial charge is 0.254 e. The number of ether oxygens (including phenoxy) is 3. The van der Waals surface area contributed by atoms with Gasteiger partial charge in [-0.1, -0.05) is 13.8 Å². The minimum atomic E-state index is -3.41. The number of fused-ring (bicyclic) bond motifs is 1. The summed E-state index contributed by atoms with van der Waals surface area (Å²) in [4.78, 5) is 14.7. The van der Waals surface area contributed by atoms with Crippen LogP contribution in [0.3, 0.4) is 0 Å². The molecule has 2 heterocycles. The van der Waals surface area contributed by atoms with Gasteiger partial charge in [0.2, 0.25) is 10.0 Å². The number of hydrogen-bond donors (Lipinski definition) is 0. The first-order valence-electron chi connectivity index (χ1n) is 9.39. The van der Waals surface area contributed by atoms with Gasteiger partial charge in [0.1, 0.15) is 0 Å². The first-order valence-corrected chi connectivity index (χ1v) is 11.0. The van der Waals surface area contributed by atoms with Crippen molar-refractivity contribution in [2.75, 3.05) is 46.2 Å². The van der Waals surface area contributed by atoms with Crippen LogP contribution in [0.2, 0.25) is 0 Å². The molecule has 0 aromatic heterocycles. The van der Waals surface area contributed by atoms with Crippen LogP contribution in [0.4, 0.5) is 0 Å². The van der Waals surface area contributed by atoms with E-state index in [4.69, 9.17) is 14.2 Å². The minimum absolute atomic E-state index is 0.0175. The van der Waals surface area contributed by atoms with E-state index in [9.17, 15) is 13.2 Å². The minimum Gasteiger partial charge on any atom is -0.493 e. The van der Waals surface area contributed by atoms with Crippen LogP contribution in [0.1, 0.15) is 24.2 Å². The molecule has 0 saturated carbocycles. The summed E-state index contributed by atoms with van der Waals surface area (Å²) >= 11 is 0. The van der Waals surface area contributed by atoms with Crippen molar-refractivity contribution < 1.29 is 27.4 Å². The van der Waals surface area contributed by atoms with E-state index in [1.165, 1.54) is 18.5 Å². The normalized spacial score (nSPS) is 24.7. The molecule has 0 unspecified atom stereocenters. The summed E-state index contributed by atoms with van der Waals surface area (Å²) in [7, 11) is -0.356. The second kappa shape index (κ2) is 8.26. The van der Waals surface area contributed by atoms with Gasteiger partial charge in [-0.25, -0.2) is 8.42 Å². The number of hydrogen-bond acceptors (Lipinski definition) is 6. The van der Waals surface area contributed by atoms with Crippen LogP contribution >= 0.6 is 0 Å². The third kappa shape index (κ3) is 4.11. The van der Waals surface area contributed by atoms with E-state index >= 15 is 0 Å². The first-order chi connectivity index (χ1) is 13.3. The van der Waals surface area contributed by atoms with E-state index in [2.05, 4.69) is 0 Å². The lowest BCUT2D eigenvalue weighted by molar-refractivity contribution is 0.0441. The van der Waals surface area contributed by atoms with Crippen molar-refractivity contribution in [2.24, 2.45) is 5.92 Å². The Morgan fingerprint density at radius 2 is 1.93 bits per heavy atom. The molecular weight excluding hydrogens is 384 g/mol. The summed E-state index contributed by atoms with van der Waals surface area (Å²) in [6, 6.07) is 4.64. The van der Waals surface area contributed by atoms with Gasteiger partial charge in [0.05, 0.1) is 38.7 Å². The highest BCUT2D eigenvalue weighted by Gasteiger charge is 2.45. The monoisotopic (exact) mass is 412 g/mol. The fourth-order valence-electron chi connectivity index (χ4n) is 3.75. The van der Waals surface area contributed by atoms with E-state index in [-0.39, 0.29) is 36.3 Å². The molecule has 9 heteroatoms. The molecule has 2 aliphatic heterocycles. The molecule has 2 atom stereocenters. The molecule has 2 aliphatic rings. The summed E-state index contributed by atoms with van der Waals surface area (Å²) in [5, 5.41) is 0. The second-order valence-electron chi connectivity index (χ2n) is 7.54. The van der Waals surface area contributed by atoms with Gasteiger partial charge in [0.15, 0.2) is 11.5 Å². The highest BCUT2D eigenvalue weighted by Crippen LogP contribution is 2.30. The maximum absolute atomic E-state index is 13.0. The van der Waals surface area contributed by atoms with Crippen molar-refractivity contribution in [2.45, 2.75) is 26.0 Å². The fourth-order valence-corrected chi connectivity index (χ4v) is 5.43. The summed E-state index contributed by atoms with van der Waals surface area (Å²) in [5.74, 6) is 1.00. The van der Waals surface area contributed by atoms with Crippen molar-refractivity contribution in [1.29, 1.82) is 0 Å². The maximum atomic E-state index is 13.0. The molecule has 0 radical (unpaired) electrons. The Hall–Kier alpha value is -1.84. The van der Waals surface area contributed by atoms with Crippen LogP contribution in [0, 0.1) is 5.92 Å². The lowest BCUT2D eigenvalue weighted by Crippen LogP contribution is -2.47. The van der Waals surface area contributed by atoms with Gasteiger partial charge in [-0.05, 0) is 24.1 Å². The van der Waals surface area contributed by atoms with Crippen molar-refractivity contribution in [3.8, 4) is 11.5 Å². The Labute approximate surface area is 166 Å². The predicted molar refractivity (Wildman–Crippen MR) is 104 cm³/mol. The first kappa shape index (κ1) is 20.9. The van der Waals surface area contributed by atoms with Crippen molar-refractivity contribution in [3.63, 3.8) is 0 Å². The van der Waals surface area contributed by atoms with Crippen molar-refractivity contribution in [3.05, 3.63) is 23.8 Å². The molecule has 2 saturated heterocycles. The summed E-state index contributed by atoms with van der Waals surface area (Å²) in [6.07, 6.45) is -0.319. The fraction of sp³-hybridized carbons (Fsp3) is 0.632. The van der Waals surface area contributed by atoms with Gasteiger partial charge >= 0.3 is 0 Å². The number of carbonyl (C=O) groups is 1. The average molecular weight is 413 g/mol. The Balaban J connectivity index is 1.84. The van der Waals surface area contributed by atoms with Gasteiger partial charge in [-0.15, -0.1) is 0 Å². The van der Waals surface area contributed by atoms with Crippen LogP contribution in [-0.4, -0.2) is 81.9 Å². The van der Waals surface area contributed by atoms with Crippen LogP contribution < -0.4 is 9.47 Å². The van der Waals surface area contributed by atoms with E-state index < -0.39 is 10.0 Å². The largest absolute Gasteiger partial charge is 0.493 e. The number of amides is 1. The Bertz CT molecular complexity index is 826. The maximum Gasteiger partial charge on any atom is 0.254 e. The molecule has 0 spiro atoms. The van der Waals surface area contributed by atoms with Gasteiger partial charge in [0, 0.05) is 25.2 Å². The summed E-state index contributed by atoms with van der Waals surface area (Å²) in [6.45, 7) is 5.21. The van der Waals surface area contributed by atoms with Crippen molar-refractivity contribution in [1.82, 2.24) is 9.21 Å². The third-order valence-corrected chi connectivity index (χ3v) is 6.92. The predicted octanol–water partition coefficient (Wildman–Crippen LogP) is 1.21. The number of methoxy groups -OCH3 is 2. The average Bonchev–Trinajstić information content (AvgIpc) is 3.03. The molecule has 0 bridgehead atoms. The number of carbonyl (C=O) groups excluding carboxylic acids is 1. The highest BCUT2D eigenvalue weighted by molar-refractivity contribution is 7.89. The molecule has 0 aliphatic carbocycles. The van der Waals surface area contributed by atoms with Gasteiger partial charge in [-0.3, -0.25) is 4.79 Å². The third-order valence-electron chi connectivity index (χ3n) is 5.10. The molecule has 1 aromatic rings. The number of benzene rings is 1. The number of rotatable bonds is 5. The molecular formula is C19H28N2O6S.